The third-order valence-corrected chi connectivity index (χ3v) is 5.04. The van der Waals surface area contributed by atoms with E-state index in [4.69, 9.17) is 18.0 Å². The number of halogens is 1. The van der Waals surface area contributed by atoms with E-state index in [0.29, 0.717) is 5.69 Å². The van der Waals surface area contributed by atoms with Crippen molar-refractivity contribution >= 4 is 32.9 Å². The first-order chi connectivity index (χ1) is 9.84. The Labute approximate surface area is 128 Å². The van der Waals surface area contributed by atoms with Gasteiger partial charge in [0.05, 0.1) is 10.6 Å². The highest BCUT2D eigenvalue weighted by atomic mass is 32.2. The summed E-state index contributed by atoms with van der Waals surface area (Å²) in [5, 5.41) is 0. The van der Waals surface area contributed by atoms with E-state index in [9.17, 15) is 12.8 Å². The minimum absolute atomic E-state index is 0.00156. The maximum Gasteiger partial charge on any atom is 0.264 e. The largest absolute Gasteiger partial charge is 0.389 e. The lowest BCUT2D eigenvalue weighted by atomic mass is 10.2. The van der Waals surface area contributed by atoms with Crippen molar-refractivity contribution in [1.82, 2.24) is 0 Å². The summed E-state index contributed by atoms with van der Waals surface area (Å²) in [5.74, 6) is -0.437. The smallest absolute Gasteiger partial charge is 0.264 e. The van der Waals surface area contributed by atoms with Gasteiger partial charge in [0.2, 0.25) is 0 Å². The highest BCUT2D eigenvalue weighted by molar-refractivity contribution is 7.93. The quantitative estimate of drug-likeness (QED) is 0.877. The van der Waals surface area contributed by atoms with Crippen LogP contribution in [-0.4, -0.2) is 20.5 Å². The van der Waals surface area contributed by atoms with Gasteiger partial charge in [-0.2, -0.15) is 0 Å². The van der Waals surface area contributed by atoms with Crippen LogP contribution in [0, 0.1) is 5.82 Å². The SMILES string of the molecule is CN(c1ccc(F)cc1)S(=O)(=O)c1ccccc1C(N)=S. The van der Waals surface area contributed by atoms with Crippen molar-refractivity contribution < 1.29 is 12.8 Å². The third kappa shape index (κ3) is 3.03. The van der Waals surface area contributed by atoms with Gasteiger partial charge in [-0.05, 0) is 30.3 Å². The molecule has 0 radical (unpaired) electrons. The van der Waals surface area contributed by atoms with E-state index < -0.39 is 15.8 Å². The fraction of sp³-hybridized carbons (Fsp3) is 0.0714. The van der Waals surface area contributed by atoms with Gasteiger partial charge in [0.15, 0.2) is 0 Å². The van der Waals surface area contributed by atoms with Crippen LogP contribution in [0.1, 0.15) is 5.56 Å². The van der Waals surface area contributed by atoms with Crippen LogP contribution in [0.2, 0.25) is 0 Å². The van der Waals surface area contributed by atoms with Gasteiger partial charge in [-0.3, -0.25) is 4.31 Å². The summed E-state index contributed by atoms with van der Waals surface area (Å²) >= 11 is 4.88. The number of anilines is 1. The van der Waals surface area contributed by atoms with Gasteiger partial charge < -0.3 is 5.73 Å². The molecule has 0 spiro atoms. The van der Waals surface area contributed by atoms with Crippen LogP contribution in [-0.2, 0) is 10.0 Å². The van der Waals surface area contributed by atoms with Crippen molar-refractivity contribution in [3.8, 4) is 0 Å². The Morgan fingerprint density at radius 2 is 1.71 bits per heavy atom. The molecule has 4 nitrogen and oxygen atoms in total. The first-order valence-electron chi connectivity index (χ1n) is 5.97. The Morgan fingerprint density at radius 3 is 2.29 bits per heavy atom. The molecule has 0 amide bonds. The molecular weight excluding hydrogens is 311 g/mol. The van der Waals surface area contributed by atoms with Gasteiger partial charge >= 0.3 is 0 Å². The van der Waals surface area contributed by atoms with Crippen molar-refractivity contribution in [2.24, 2.45) is 5.73 Å². The van der Waals surface area contributed by atoms with Crippen LogP contribution in [0.4, 0.5) is 10.1 Å². The summed E-state index contributed by atoms with van der Waals surface area (Å²) in [7, 11) is -2.45. The first-order valence-corrected chi connectivity index (χ1v) is 7.82. The molecule has 0 aliphatic rings. The maximum absolute atomic E-state index is 12.9. The second kappa shape index (κ2) is 5.79. The number of benzene rings is 2. The maximum atomic E-state index is 12.9. The third-order valence-electron chi connectivity index (χ3n) is 2.98. The number of thiocarbonyl (C=S) groups is 1. The van der Waals surface area contributed by atoms with E-state index in [1.165, 1.54) is 37.4 Å². The average Bonchev–Trinajstić information content (AvgIpc) is 2.47. The molecule has 0 heterocycles. The number of sulfonamides is 1. The molecule has 2 aromatic carbocycles. The summed E-state index contributed by atoms with van der Waals surface area (Å²) in [4.78, 5) is 0.0195. The molecule has 0 aliphatic heterocycles. The van der Waals surface area contributed by atoms with E-state index >= 15 is 0 Å². The number of hydrogen-bond donors (Lipinski definition) is 1. The van der Waals surface area contributed by atoms with Gasteiger partial charge in [0.25, 0.3) is 10.0 Å². The van der Waals surface area contributed by atoms with Gasteiger partial charge in [-0.1, -0.05) is 30.4 Å². The van der Waals surface area contributed by atoms with E-state index in [-0.39, 0.29) is 15.4 Å². The van der Waals surface area contributed by atoms with Crippen LogP contribution in [0.5, 0.6) is 0 Å². The van der Waals surface area contributed by atoms with Gasteiger partial charge in [0, 0.05) is 12.6 Å². The number of hydrogen-bond acceptors (Lipinski definition) is 3. The Hall–Kier alpha value is -1.99. The van der Waals surface area contributed by atoms with E-state index in [1.54, 1.807) is 18.2 Å². The zero-order chi connectivity index (χ0) is 15.6. The molecule has 2 N–H and O–H groups in total. The Balaban J connectivity index is 2.52. The zero-order valence-corrected chi connectivity index (χ0v) is 12.8. The standard InChI is InChI=1S/C14H13FN2O2S2/c1-17(11-8-6-10(15)7-9-11)21(18,19)13-5-3-2-4-12(13)14(16)20/h2-9H,1H3,(H2,16,20). The zero-order valence-electron chi connectivity index (χ0n) is 11.2. The Bertz CT molecular complexity index is 774. The molecule has 0 saturated heterocycles. The predicted octanol–water partition coefficient (Wildman–Crippen LogP) is 2.29. The van der Waals surface area contributed by atoms with Crippen molar-refractivity contribution in [1.29, 1.82) is 0 Å². The van der Waals surface area contributed by atoms with Crippen molar-refractivity contribution in [3.63, 3.8) is 0 Å². The summed E-state index contributed by atoms with van der Waals surface area (Å²) in [6.07, 6.45) is 0. The minimum Gasteiger partial charge on any atom is -0.389 e. The topological polar surface area (TPSA) is 63.4 Å². The van der Waals surface area contributed by atoms with Crippen LogP contribution >= 0.6 is 12.2 Å². The molecule has 2 rings (SSSR count). The van der Waals surface area contributed by atoms with E-state index in [1.807, 2.05) is 0 Å². The minimum atomic E-state index is -3.84. The number of nitrogens with two attached hydrogens (primary N) is 1. The van der Waals surface area contributed by atoms with Crippen molar-refractivity contribution in [3.05, 3.63) is 59.9 Å². The fourth-order valence-corrected chi connectivity index (χ4v) is 3.48. The summed E-state index contributed by atoms with van der Waals surface area (Å²) in [6.45, 7) is 0. The highest BCUT2D eigenvalue weighted by Crippen LogP contribution is 2.24. The summed E-state index contributed by atoms with van der Waals surface area (Å²) < 4.78 is 39.3. The van der Waals surface area contributed by atoms with Crippen LogP contribution in [0.25, 0.3) is 0 Å². The molecule has 0 aromatic heterocycles. The predicted molar refractivity (Wildman–Crippen MR) is 84.3 cm³/mol. The van der Waals surface area contributed by atoms with Crippen LogP contribution in [0.15, 0.2) is 53.4 Å². The monoisotopic (exact) mass is 324 g/mol. The number of nitrogens with zero attached hydrogens (tertiary/aromatic N) is 1. The molecule has 0 unspecified atom stereocenters. The summed E-state index contributed by atoms with van der Waals surface area (Å²) in [6, 6.07) is 11.4. The van der Waals surface area contributed by atoms with Gasteiger partial charge in [0.1, 0.15) is 10.8 Å². The highest BCUT2D eigenvalue weighted by Gasteiger charge is 2.24. The van der Waals surface area contributed by atoms with E-state index in [0.717, 1.165) is 4.31 Å². The van der Waals surface area contributed by atoms with E-state index in [2.05, 4.69) is 0 Å². The number of rotatable bonds is 4. The fourth-order valence-electron chi connectivity index (χ4n) is 1.83. The molecule has 2 aromatic rings. The lowest BCUT2D eigenvalue weighted by Gasteiger charge is -2.21. The lowest BCUT2D eigenvalue weighted by molar-refractivity contribution is 0.594. The van der Waals surface area contributed by atoms with Crippen molar-refractivity contribution in [2.45, 2.75) is 4.90 Å². The normalized spacial score (nSPS) is 11.1. The molecule has 110 valence electrons. The molecular formula is C14H13FN2O2S2. The van der Waals surface area contributed by atoms with Crippen molar-refractivity contribution in [2.75, 3.05) is 11.4 Å². The van der Waals surface area contributed by atoms with Gasteiger partial charge in [-0.25, -0.2) is 12.8 Å². The lowest BCUT2D eigenvalue weighted by Crippen LogP contribution is -2.28. The first kappa shape index (κ1) is 15.4. The molecule has 0 bridgehead atoms. The molecule has 0 fully saturated rings. The summed E-state index contributed by atoms with van der Waals surface area (Å²) in [5.41, 5.74) is 6.19. The average molecular weight is 324 g/mol. The van der Waals surface area contributed by atoms with Crippen LogP contribution in [0.3, 0.4) is 0 Å². The molecule has 7 heteroatoms. The second-order valence-corrected chi connectivity index (χ2v) is 6.69. The molecule has 0 aliphatic carbocycles. The second-order valence-electron chi connectivity index (χ2n) is 4.31. The van der Waals surface area contributed by atoms with Gasteiger partial charge in [-0.15, -0.1) is 0 Å². The molecule has 0 saturated carbocycles. The van der Waals surface area contributed by atoms with Crippen LogP contribution < -0.4 is 10.0 Å². The Morgan fingerprint density at radius 1 is 1.14 bits per heavy atom. The molecule has 0 atom stereocenters. The molecule has 21 heavy (non-hydrogen) atoms. The Kier molecular flexibility index (Phi) is 4.24.